The van der Waals surface area contributed by atoms with Crippen molar-refractivity contribution in [3.63, 3.8) is 0 Å². The molecule has 1 amide bonds. The van der Waals surface area contributed by atoms with E-state index in [1.54, 1.807) is 0 Å². The molecule has 0 spiro atoms. The Morgan fingerprint density at radius 2 is 1.67 bits per heavy atom. The Morgan fingerprint density at radius 1 is 1.00 bits per heavy atom. The number of nitrogens with one attached hydrogen (secondary N) is 1. The number of aromatic carboxylic acids is 1. The summed E-state index contributed by atoms with van der Waals surface area (Å²) in [5.74, 6) is -2.57. The van der Waals surface area contributed by atoms with Crippen molar-refractivity contribution in [2.45, 2.75) is 31.9 Å². The molecule has 1 atom stereocenters. The lowest BCUT2D eigenvalue weighted by Crippen LogP contribution is -2.30. The summed E-state index contributed by atoms with van der Waals surface area (Å²) in [4.78, 5) is 25.3. The van der Waals surface area contributed by atoms with Crippen molar-refractivity contribution in [2.24, 2.45) is 0 Å². The molecule has 0 fully saturated rings. The number of halogens is 6. The van der Waals surface area contributed by atoms with E-state index in [0.717, 1.165) is 22.9 Å². The molecule has 0 bridgehead atoms. The number of alkyl halides is 6. The summed E-state index contributed by atoms with van der Waals surface area (Å²) in [6.45, 7) is 1.43. The van der Waals surface area contributed by atoms with Crippen LogP contribution < -0.4 is 10.2 Å². The number of fused-ring (bicyclic) bond motifs is 1. The van der Waals surface area contributed by atoms with Gasteiger partial charge in [-0.05, 0) is 42.8 Å². The Hall–Kier alpha value is -4.03. The zero-order valence-corrected chi connectivity index (χ0v) is 18.5. The van der Waals surface area contributed by atoms with E-state index in [9.17, 15) is 35.9 Å². The maximum atomic E-state index is 13.8. The lowest BCUT2D eigenvalue weighted by atomic mass is 10.1. The third kappa shape index (κ3) is 4.72. The van der Waals surface area contributed by atoms with Crippen molar-refractivity contribution in [2.75, 3.05) is 11.4 Å². The largest absolute Gasteiger partial charge is 0.478 e. The Bertz CT molecular complexity index is 1310. The number of nitrogens with zero attached hydrogens (tertiary/aromatic N) is 3. The summed E-state index contributed by atoms with van der Waals surface area (Å²) < 4.78 is 82.0. The van der Waals surface area contributed by atoms with Crippen molar-refractivity contribution < 1.29 is 41.0 Å². The van der Waals surface area contributed by atoms with Gasteiger partial charge in [-0.15, -0.1) is 0 Å². The summed E-state index contributed by atoms with van der Waals surface area (Å²) in [5, 5.41) is 15.0. The van der Waals surface area contributed by atoms with E-state index in [0.29, 0.717) is 5.56 Å². The van der Waals surface area contributed by atoms with Crippen LogP contribution in [0, 0.1) is 0 Å². The smallest absolute Gasteiger partial charge is 0.436 e. The third-order valence-electron chi connectivity index (χ3n) is 5.70. The van der Waals surface area contributed by atoms with Gasteiger partial charge in [-0.2, -0.15) is 31.4 Å². The molecule has 0 saturated carbocycles. The molecule has 1 unspecified atom stereocenters. The van der Waals surface area contributed by atoms with Crippen molar-refractivity contribution >= 4 is 23.4 Å². The summed E-state index contributed by atoms with van der Waals surface area (Å²) in [6.07, 6.45) is -9.67. The number of hydrogen-bond acceptors (Lipinski definition) is 4. The van der Waals surface area contributed by atoms with Crippen LogP contribution in [-0.2, 0) is 18.9 Å². The maximum Gasteiger partial charge on any atom is 0.436 e. The number of amides is 1. The summed E-state index contributed by atoms with van der Waals surface area (Å²) in [7, 11) is 0. The van der Waals surface area contributed by atoms with Crippen LogP contribution >= 0.6 is 0 Å². The number of carbonyl (C=O) groups excluding carboxylic acids is 1. The van der Waals surface area contributed by atoms with E-state index in [2.05, 4.69) is 10.4 Å². The molecular formula is C23H18F6N4O3. The Labute approximate surface area is 199 Å². The van der Waals surface area contributed by atoms with E-state index in [1.165, 1.54) is 42.2 Å². The quantitative estimate of drug-likeness (QED) is 0.456. The number of carbonyl (C=O) groups is 2. The molecule has 190 valence electrons. The van der Waals surface area contributed by atoms with E-state index in [4.69, 9.17) is 5.11 Å². The second-order valence-corrected chi connectivity index (χ2v) is 8.09. The number of anilines is 2. The molecule has 0 radical (unpaired) electrons. The van der Waals surface area contributed by atoms with Gasteiger partial charge >= 0.3 is 18.3 Å². The minimum absolute atomic E-state index is 0.00820. The number of benzene rings is 2. The fraction of sp³-hybridized carbons (Fsp3) is 0.261. The zero-order valence-electron chi connectivity index (χ0n) is 18.5. The predicted molar refractivity (Wildman–Crippen MR) is 115 cm³/mol. The fourth-order valence-corrected chi connectivity index (χ4v) is 3.96. The molecule has 1 aliphatic heterocycles. The van der Waals surface area contributed by atoms with E-state index < -0.39 is 47.1 Å². The van der Waals surface area contributed by atoms with E-state index in [1.807, 2.05) is 0 Å². The molecule has 2 aromatic carbocycles. The molecule has 3 aromatic rings. The summed E-state index contributed by atoms with van der Waals surface area (Å²) >= 11 is 0. The van der Waals surface area contributed by atoms with E-state index >= 15 is 0 Å². The Kier molecular flexibility index (Phi) is 6.18. The van der Waals surface area contributed by atoms with Crippen LogP contribution in [0.5, 0.6) is 0 Å². The van der Waals surface area contributed by atoms with Crippen molar-refractivity contribution in [3.05, 3.63) is 76.5 Å². The first kappa shape index (κ1) is 25.1. The number of aromatic nitrogens is 2. The lowest BCUT2D eigenvalue weighted by molar-refractivity contribution is -0.142. The van der Waals surface area contributed by atoms with Gasteiger partial charge in [-0.1, -0.05) is 18.2 Å². The van der Waals surface area contributed by atoms with Gasteiger partial charge in [0.05, 0.1) is 23.7 Å². The van der Waals surface area contributed by atoms with Gasteiger partial charge in [0.15, 0.2) is 5.69 Å². The molecule has 1 aromatic heterocycles. The minimum Gasteiger partial charge on any atom is -0.478 e. The summed E-state index contributed by atoms with van der Waals surface area (Å²) in [5.41, 5.74) is -2.88. The monoisotopic (exact) mass is 512 g/mol. The highest BCUT2D eigenvalue weighted by atomic mass is 19.4. The number of carboxylic acids is 1. The predicted octanol–water partition coefficient (Wildman–Crippen LogP) is 5.26. The molecule has 4 rings (SSSR count). The van der Waals surface area contributed by atoms with Crippen LogP contribution in [0.3, 0.4) is 0 Å². The number of hydrogen-bond donors (Lipinski definition) is 2. The van der Waals surface area contributed by atoms with Crippen molar-refractivity contribution in [1.29, 1.82) is 0 Å². The summed E-state index contributed by atoms with van der Waals surface area (Å²) in [6, 6.07) is 8.65. The second-order valence-electron chi connectivity index (χ2n) is 8.09. The lowest BCUT2D eigenvalue weighted by Gasteiger charge is -2.22. The maximum absolute atomic E-state index is 13.8. The third-order valence-corrected chi connectivity index (χ3v) is 5.70. The SMILES string of the molecule is CC(NC(=O)c1c(C(F)(F)F)nn2c1N(c1cccc(C(F)(F)F)c1)CC2)c1ccc(C(=O)O)cc1. The topological polar surface area (TPSA) is 87.5 Å². The average Bonchev–Trinajstić information content (AvgIpc) is 3.38. The molecule has 2 heterocycles. The van der Waals surface area contributed by atoms with Crippen molar-refractivity contribution in [3.8, 4) is 0 Å². The fourth-order valence-electron chi connectivity index (χ4n) is 3.96. The average molecular weight is 512 g/mol. The molecule has 7 nitrogen and oxygen atoms in total. The van der Waals surface area contributed by atoms with E-state index in [-0.39, 0.29) is 30.2 Å². The molecule has 0 saturated heterocycles. The van der Waals surface area contributed by atoms with Crippen LogP contribution in [0.25, 0.3) is 0 Å². The number of rotatable bonds is 5. The van der Waals surface area contributed by atoms with Gasteiger partial charge in [0, 0.05) is 12.2 Å². The van der Waals surface area contributed by atoms with Gasteiger partial charge in [-0.25, -0.2) is 9.48 Å². The normalized spacial score (nSPS) is 14.5. The van der Waals surface area contributed by atoms with Crippen LogP contribution in [0.15, 0.2) is 48.5 Å². The first-order valence-corrected chi connectivity index (χ1v) is 10.5. The van der Waals surface area contributed by atoms with Gasteiger partial charge in [0.2, 0.25) is 0 Å². The first-order chi connectivity index (χ1) is 16.8. The van der Waals surface area contributed by atoms with Crippen LogP contribution in [0.1, 0.15) is 50.5 Å². The molecule has 13 heteroatoms. The Morgan fingerprint density at radius 3 is 2.25 bits per heavy atom. The molecule has 36 heavy (non-hydrogen) atoms. The van der Waals surface area contributed by atoms with Crippen LogP contribution in [0.2, 0.25) is 0 Å². The van der Waals surface area contributed by atoms with Gasteiger partial charge in [0.25, 0.3) is 5.91 Å². The highest BCUT2D eigenvalue weighted by Crippen LogP contribution is 2.42. The van der Waals surface area contributed by atoms with Crippen molar-refractivity contribution in [1.82, 2.24) is 15.1 Å². The molecule has 1 aliphatic rings. The molecular weight excluding hydrogens is 494 g/mol. The minimum atomic E-state index is -5.00. The van der Waals surface area contributed by atoms with Crippen LogP contribution in [-0.4, -0.2) is 33.3 Å². The first-order valence-electron chi connectivity index (χ1n) is 10.5. The highest BCUT2D eigenvalue weighted by molar-refractivity contribution is 6.01. The molecule has 0 aliphatic carbocycles. The second kappa shape index (κ2) is 8.88. The van der Waals surface area contributed by atoms with Crippen LogP contribution in [0.4, 0.5) is 37.8 Å². The van der Waals surface area contributed by atoms with Gasteiger partial charge < -0.3 is 15.3 Å². The van der Waals surface area contributed by atoms with Gasteiger partial charge in [-0.3, -0.25) is 4.79 Å². The number of carboxylic acid groups (broad SMARTS) is 1. The zero-order chi connectivity index (χ0) is 26.4. The highest BCUT2D eigenvalue weighted by Gasteiger charge is 2.44. The van der Waals surface area contributed by atoms with Gasteiger partial charge in [0.1, 0.15) is 11.4 Å². The Balaban J connectivity index is 1.72. The standard InChI is InChI=1S/C23H18F6N4O3/c1-12(13-5-7-14(8-6-13)21(35)36)30-19(34)17-18(23(27,28)29)31-33-10-9-32(20(17)33)16-4-2-3-15(11-16)22(24,25)26/h2-8,11-12H,9-10H2,1H3,(H,30,34)(H,35,36). The molecule has 2 N–H and O–H groups in total.